The van der Waals surface area contributed by atoms with E-state index >= 15 is 0 Å². The molecule has 0 radical (unpaired) electrons. The van der Waals surface area contributed by atoms with Crippen molar-refractivity contribution in [1.82, 2.24) is 4.90 Å². The average molecular weight is 324 g/mol. The molecule has 24 heavy (non-hydrogen) atoms. The molecular weight excluding hydrogens is 304 g/mol. The summed E-state index contributed by atoms with van der Waals surface area (Å²) in [5, 5.41) is 0. The summed E-state index contributed by atoms with van der Waals surface area (Å²) in [5.41, 5.74) is 18.1. The minimum atomic E-state index is -0.193. The van der Waals surface area contributed by atoms with E-state index in [0.29, 0.717) is 17.8 Å². The lowest BCUT2D eigenvalue weighted by Gasteiger charge is -2.18. The van der Waals surface area contributed by atoms with Crippen molar-refractivity contribution in [1.29, 1.82) is 0 Å². The van der Waals surface area contributed by atoms with Crippen molar-refractivity contribution in [2.45, 2.75) is 6.54 Å². The van der Waals surface area contributed by atoms with Crippen LogP contribution in [-0.4, -0.2) is 29.8 Å². The molecule has 0 heterocycles. The number of rotatable bonds is 4. The van der Waals surface area contributed by atoms with Gasteiger partial charge in [0.25, 0.3) is 5.91 Å². The number of para-hydroxylation sites is 1. The van der Waals surface area contributed by atoms with Crippen LogP contribution in [0.3, 0.4) is 0 Å². The van der Waals surface area contributed by atoms with Crippen LogP contribution in [0.15, 0.2) is 64.6 Å². The molecule has 0 aliphatic carbocycles. The predicted octanol–water partition coefficient (Wildman–Crippen LogP) is 1.18. The minimum Gasteiger partial charge on any atom is -0.370 e. The largest absolute Gasteiger partial charge is 0.370 e. The second kappa shape index (κ2) is 7.77. The molecule has 0 saturated carbocycles. The van der Waals surface area contributed by atoms with E-state index in [1.807, 2.05) is 30.3 Å². The summed E-state index contributed by atoms with van der Waals surface area (Å²) >= 11 is 0. The third kappa shape index (κ3) is 4.57. The molecule has 0 aromatic heterocycles. The van der Waals surface area contributed by atoms with E-state index in [4.69, 9.17) is 17.2 Å². The van der Waals surface area contributed by atoms with Gasteiger partial charge in [0.05, 0.1) is 11.3 Å². The van der Waals surface area contributed by atoms with Gasteiger partial charge in [0.15, 0.2) is 5.96 Å². The summed E-state index contributed by atoms with van der Waals surface area (Å²) in [6.45, 7) is 0.487. The molecule has 0 fully saturated rings. The van der Waals surface area contributed by atoms with Gasteiger partial charge in [-0.05, 0) is 17.7 Å². The first-order chi connectivity index (χ1) is 11.5. The fourth-order valence-electron chi connectivity index (χ4n) is 2.17. The maximum atomic E-state index is 12.7. The number of aliphatic imine (C=N–C) groups is 2. The lowest BCUT2D eigenvalue weighted by Crippen LogP contribution is -2.27. The Bertz CT molecular complexity index is 766. The third-order valence-corrected chi connectivity index (χ3v) is 3.22. The van der Waals surface area contributed by atoms with Gasteiger partial charge in [-0.25, -0.2) is 4.99 Å². The molecule has 2 rings (SSSR count). The maximum Gasteiger partial charge on any atom is 0.256 e. The normalized spacial score (nSPS) is 11.0. The summed E-state index contributed by atoms with van der Waals surface area (Å²) in [5.74, 6) is -0.474. The zero-order valence-corrected chi connectivity index (χ0v) is 13.4. The van der Waals surface area contributed by atoms with Crippen molar-refractivity contribution in [3.8, 4) is 0 Å². The number of amides is 1. The van der Waals surface area contributed by atoms with Crippen LogP contribution in [0.25, 0.3) is 0 Å². The van der Waals surface area contributed by atoms with Crippen LogP contribution >= 0.6 is 0 Å². The summed E-state index contributed by atoms with van der Waals surface area (Å²) < 4.78 is 0. The summed E-state index contributed by atoms with van der Waals surface area (Å²) in [6.07, 6.45) is 0. The topological polar surface area (TPSA) is 123 Å². The van der Waals surface area contributed by atoms with Gasteiger partial charge in [-0.2, -0.15) is 4.99 Å². The van der Waals surface area contributed by atoms with Crippen molar-refractivity contribution < 1.29 is 4.79 Å². The van der Waals surface area contributed by atoms with Gasteiger partial charge in [-0.1, -0.05) is 42.5 Å². The molecule has 0 spiro atoms. The molecule has 2 aromatic rings. The molecule has 2 aromatic carbocycles. The number of hydrogen-bond acceptors (Lipinski definition) is 2. The molecule has 0 aliphatic rings. The number of hydrogen-bond donors (Lipinski definition) is 3. The summed E-state index contributed by atoms with van der Waals surface area (Å²) in [4.78, 5) is 22.1. The fraction of sp³-hybridized carbons (Fsp3) is 0.118. The lowest BCUT2D eigenvalue weighted by atomic mass is 10.1. The van der Waals surface area contributed by atoms with Crippen LogP contribution in [0.2, 0.25) is 0 Å². The van der Waals surface area contributed by atoms with E-state index < -0.39 is 0 Å². The van der Waals surface area contributed by atoms with E-state index in [2.05, 4.69) is 9.98 Å². The van der Waals surface area contributed by atoms with E-state index in [1.54, 1.807) is 36.2 Å². The number of carbonyl (C=O) groups excluding carboxylic acids is 1. The van der Waals surface area contributed by atoms with Crippen molar-refractivity contribution >= 4 is 23.5 Å². The Morgan fingerprint density at radius 1 is 1.00 bits per heavy atom. The summed E-state index contributed by atoms with van der Waals surface area (Å²) in [7, 11) is 1.73. The van der Waals surface area contributed by atoms with Crippen molar-refractivity contribution in [2.24, 2.45) is 27.2 Å². The number of nitrogens with two attached hydrogens (primary N) is 3. The van der Waals surface area contributed by atoms with E-state index in [0.717, 1.165) is 5.56 Å². The van der Waals surface area contributed by atoms with Crippen molar-refractivity contribution in [3.05, 3.63) is 65.7 Å². The second-order valence-corrected chi connectivity index (χ2v) is 5.17. The molecule has 0 aliphatic heterocycles. The van der Waals surface area contributed by atoms with Crippen LogP contribution in [0.1, 0.15) is 15.9 Å². The first kappa shape index (κ1) is 17.0. The molecule has 124 valence electrons. The standard InChI is InChI=1S/C17H20N6O/c1-23(11-12-7-3-2-4-8-12)15(24)13-9-5-6-10-14(13)21-17(20)22-16(18)19/h2-10H,11H2,1H3,(H6,18,19,20,21,22). The van der Waals surface area contributed by atoms with E-state index in [-0.39, 0.29) is 17.8 Å². The average Bonchev–Trinajstić information content (AvgIpc) is 2.55. The number of carbonyl (C=O) groups is 1. The van der Waals surface area contributed by atoms with Crippen LogP contribution < -0.4 is 17.2 Å². The molecule has 0 unspecified atom stereocenters. The Hall–Kier alpha value is -3.35. The quantitative estimate of drug-likeness (QED) is 0.577. The molecule has 0 saturated heterocycles. The highest BCUT2D eigenvalue weighted by Crippen LogP contribution is 2.21. The Kier molecular flexibility index (Phi) is 5.51. The van der Waals surface area contributed by atoms with Gasteiger partial charge in [0.2, 0.25) is 5.96 Å². The third-order valence-electron chi connectivity index (χ3n) is 3.22. The molecule has 1 amide bonds. The van der Waals surface area contributed by atoms with Crippen molar-refractivity contribution in [2.75, 3.05) is 7.05 Å². The first-order valence-electron chi connectivity index (χ1n) is 7.29. The molecule has 0 atom stereocenters. The number of guanidine groups is 2. The van der Waals surface area contributed by atoms with Crippen LogP contribution in [0, 0.1) is 0 Å². The minimum absolute atomic E-state index is 0.110. The predicted molar refractivity (Wildman–Crippen MR) is 95.8 cm³/mol. The van der Waals surface area contributed by atoms with Gasteiger partial charge < -0.3 is 22.1 Å². The van der Waals surface area contributed by atoms with Gasteiger partial charge in [-0.15, -0.1) is 0 Å². The van der Waals surface area contributed by atoms with Crippen LogP contribution in [0.4, 0.5) is 5.69 Å². The van der Waals surface area contributed by atoms with Gasteiger partial charge >= 0.3 is 0 Å². The Balaban J connectivity index is 2.25. The highest BCUT2D eigenvalue weighted by molar-refractivity contribution is 6.01. The number of benzene rings is 2. The Morgan fingerprint density at radius 3 is 2.29 bits per heavy atom. The molecule has 6 N–H and O–H groups in total. The summed E-state index contributed by atoms with van der Waals surface area (Å²) in [6, 6.07) is 16.6. The SMILES string of the molecule is CN(Cc1ccccc1)C(=O)c1ccccc1N=C(N)N=C(N)N. The number of nitrogens with zero attached hydrogens (tertiary/aromatic N) is 3. The smallest absolute Gasteiger partial charge is 0.256 e. The van der Waals surface area contributed by atoms with Crippen molar-refractivity contribution in [3.63, 3.8) is 0 Å². The van der Waals surface area contributed by atoms with Crippen LogP contribution in [-0.2, 0) is 6.54 Å². The first-order valence-corrected chi connectivity index (χ1v) is 7.29. The van der Waals surface area contributed by atoms with Gasteiger partial charge in [-0.3, -0.25) is 4.79 Å². The highest BCUT2D eigenvalue weighted by atomic mass is 16.2. The van der Waals surface area contributed by atoms with E-state index in [1.165, 1.54) is 0 Å². The second-order valence-electron chi connectivity index (χ2n) is 5.17. The van der Waals surface area contributed by atoms with Gasteiger partial charge in [0.1, 0.15) is 0 Å². The molecular formula is C17H20N6O. The van der Waals surface area contributed by atoms with Gasteiger partial charge in [0, 0.05) is 13.6 Å². The molecule has 7 heteroatoms. The maximum absolute atomic E-state index is 12.7. The van der Waals surface area contributed by atoms with Crippen LogP contribution in [0.5, 0.6) is 0 Å². The zero-order chi connectivity index (χ0) is 17.5. The molecule has 0 bridgehead atoms. The Morgan fingerprint density at radius 2 is 1.62 bits per heavy atom. The lowest BCUT2D eigenvalue weighted by molar-refractivity contribution is 0.0786. The highest BCUT2D eigenvalue weighted by Gasteiger charge is 2.15. The Labute approximate surface area is 140 Å². The monoisotopic (exact) mass is 324 g/mol. The zero-order valence-electron chi connectivity index (χ0n) is 13.4. The van der Waals surface area contributed by atoms with E-state index in [9.17, 15) is 4.79 Å². The molecule has 7 nitrogen and oxygen atoms in total. The fourth-order valence-corrected chi connectivity index (χ4v) is 2.17.